The van der Waals surface area contributed by atoms with Crippen LogP contribution in [0.1, 0.15) is 5.69 Å². The molecule has 1 rings (SSSR count). The fourth-order valence-corrected chi connectivity index (χ4v) is 0.733. The zero-order chi connectivity index (χ0) is 10.6. The molecule has 0 atom stereocenters. The Morgan fingerprint density at radius 2 is 2.00 bits per heavy atom. The van der Waals surface area contributed by atoms with E-state index in [9.17, 15) is 13.2 Å². The van der Waals surface area contributed by atoms with Gasteiger partial charge in [0.2, 0.25) is 0 Å². The maximum Gasteiger partial charge on any atom is 0.405 e. The Morgan fingerprint density at radius 1 is 1.36 bits per heavy atom. The summed E-state index contributed by atoms with van der Waals surface area (Å²) in [6, 6.07) is 1.63. The minimum Gasteiger partial charge on any atom is -0.359 e. The van der Waals surface area contributed by atoms with Crippen LogP contribution in [0.5, 0.6) is 0 Å². The first-order chi connectivity index (χ1) is 6.53. The van der Waals surface area contributed by atoms with Crippen LogP contribution in [0.2, 0.25) is 0 Å². The molecule has 0 fully saturated rings. The summed E-state index contributed by atoms with van der Waals surface area (Å²) in [7, 11) is 0. The molecule has 0 bridgehead atoms. The Morgan fingerprint density at radius 3 is 2.57 bits per heavy atom. The number of hydrogen-bond acceptors (Lipinski definition) is 4. The van der Waals surface area contributed by atoms with Gasteiger partial charge < -0.3 is 5.32 Å². The molecule has 0 saturated heterocycles. The van der Waals surface area contributed by atoms with E-state index in [4.69, 9.17) is 5.26 Å². The van der Waals surface area contributed by atoms with Crippen LogP contribution >= 0.6 is 0 Å². The predicted molar refractivity (Wildman–Crippen MR) is 41.3 cm³/mol. The van der Waals surface area contributed by atoms with Gasteiger partial charge in [-0.25, -0.2) is 9.97 Å². The van der Waals surface area contributed by atoms with Crippen molar-refractivity contribution in [3.63, 3.8) is 0 Å². The molecule has 4 nitrogen and oxygen atoms in total. The third-order valence-electron chi connectivity index (χ3n) is 1.26. The summed E-state index contributed by atoms with van der Waals surface area (Å²) >= 11 is 0. The number of hydrogen-bond donors (Lipinski definition) is 1. The highest BCUT2D eigenvalue weighted by Gasteiger charge is 2.27. The maximum absolute atomic E-state index is 11.8. The molecule has 7 heteroatoms. The predicted octanol–water partition coefficient (Wildman–Crippen LogP) is 1.32. The SMILES string of the molecule is N#Cc1nccnc1NCC(F)(F)F. The van der Waals surface area contributed by atoms with Crippen LogP contribution in [0, 0.1) is 11.3 Å². The highest BCUT2D eigenvalue weighted by atomic mass is 19.4. The zero-order valence-corrected chi connectivity index (χ0v) is 6.84. The third kappa shape index (κ3) is 2.90. The molecule has 1 aromatic rings. The van der Waals surface area contributed by atoms with Crippen LogP contribution < -0.4 is 5.32 Å². The smallest absolute Gasteiger partial charge is 0.359 e. The van der Waals surface area contributed by atoms with Gasteiger partial charge in [0.1, 0.15) is 12.6 Å². The minimum atomic E-state index is -4.34. The van der Waals surface area contributed by atoms with Crippen molar-refractivity contribution in [3.8, 4) is 6.07 Å². The molecule has 1 aromatic heterocycles. The molecule has 1 heterocycles. The fourth-order valence-electron chi connectivity index (χ4n) is 0.733. The average molecular weight is 202 g/mol. The lowest BCUT2D eigenvalue weighted by Gasteiger charge is -2.08. The molecule has 0 spiro atoms. The van der Waals surface area contributed by atoms with Crippen molar-refractivity contribution in [2.24, 2.45) is 0 Å². The molecule has 1 N–H and O–H groups in total. The molecular weight excluding hydrogens is 197 g/mol. The van der Waals surface area contributed by atoms with E-state index in [-0.39, 0.29) is 11.5 Å². The number of nitriles is 1. The summed E-state index contributed by atoms with van der Waals surface area (Å²) in [5.41, 5.74) is -0.156. The second-order valence-electron chi connectivity index (χ2n) is 2.33. The van der Waals surface area contributed by atoms with E-state index in [2.05, 4.69) is 9.97 Å². The first-order valence-electron chi connectivity index (χ1n) is 3.54. The number of halogens is 3. The van der Waals surface area contributed by atoms with Gasteiger partial charge >= 0.3 is 6.18 Å². The molecule has 0 aliphatic carbocycles. The van der Waals surface area contributed by atoms with E-state index in [1.807, 2.05) is 5.32 Å². The summed E-state index contributed by atoms with van der Waals surface area (Å²) in [6.07, 6.45) is -1.90. The van der Waals surface area contributed by atoms with E-state index in [1.165, 1.54) is 12.4 Å². The molecule has 0 aliphatic heterocycles. The maximum atomic E-state index is 11.8. The standard InChI is InChI=1S/C7H5F3N4/c8-7(9,10)4-14-6-5(3-11)12-1-2-13-6/h1-2H,4H2,(H,13,14). The molecule has 0 unspecified atom stereocenters. The van der Waals surface area contributed by atoms with Gasteiger partial charge in [-0.1, -0.05) is 0 Å². The monoisotopic (exact) mass is 202 g/mol. The van der Waals surface area contributed by atoms with E-state index < -0.39 is 12.7 Å². The number of aromatic nitrogens is 2. The van der Waals surface area contributed by atoms with Crippen LogP contribution in [0.3, 0.4) is 0 Å². The highest BCUT2D eigenvalue weighted by molar-refractivity contribution is 5.46. The lowest BCUT2D eigenvalue weighted by molar-refractivity contribution is -0.115. The van der Waals surface area contributed by atoms with Crippen molar-refractivity contribution in [1.82, 2.24) is 9.97 Å². The van der Waals surface area contributed by atoms with Gasteiger partial charge in [0, 0.05) is 12.4 Å². The number of rotatable bonds is 2. The molecule has 0 aliphatic rings. The lowest BCUT2D eigenvalue weighted by Crippen LogP contribution is -2.22. The van der Waals surface area contributed by atoms with E-state index in [1.54, 1.807) is 6.07 Å². The number of nitrogens with one attached hydrogen (secondary N) is 1. The molecule has 0 amide bonds. The van der Waals surface area contributed by atoms with E-state index in [0.29, 0.717) is 0 Å². The summed E-state index contributed by atoms with van der Waals surface area (Å²) in [4.78, 5) is 7.10. The Hall–Kier alpha value is -1.84. The van der Waals surface area contributed by atoms with Crippen molar-refractivity contribution in [1.29, 1.82) is 5.26 Å². The topological polar surface area (TPSA) is 61.6 Å². The first-order valence-corrected chi connectivity index (χ1v) is 3.54. The van der Waals surface area contributed by atoms with Crippen molar-refractivity contribution in [2.75, 3.05) is 11.9 Å². The van der Waals surface area contributed by atoms with Gasteiger partial charge in [-0.15, -0.1) is 0 Å². The van der Waals surface area contributed by atoms with Crippen LogP contribution in [0.4, 0.5) is 19.0 Å². The second kappa shape index (κ2) is 3.91. The molecular formula is C7H5F3N4. The van der Waals surface area contributed by atoms with Gasteiger partial charge in [0.15, 0.2) is 11.5 Å². The van der Waals surface area contributed by atoms with Gasteiger partial charge in [-0.05, 0) is 0 Å². The van der Waals surface area contributed by atoms with Gasteiger partial charge in [-0.2, -0.15) is 18.4 Å². The Labute approximate surface area is 77.4 Å². The Kier molecular flexibility index (Phi) is 2.86. The quantitative estimate of drug-likeness (QED) is 0.785. The highest BCUT2D eigenvalue weighted by Crippen LogP contribution is 2.16. The molecule has 14 heavy (non-hydrogen) atoms. The van der Waals surface area contributed by atoms with Gasteiger partial charge in [0.05, 0.1) is 0 Å². The first kappa shape index (κ1) is 10.2. The molecule has 0 radical (unpaired) electrons. The summed E-state index contributed by atoms with van der Waals surface area (Å²) in [6.45, 7) is -1.24. The molecule has 0 saturated carbocycles. The Bertz CT molecular complexity index is 355. The number of alkyl halides is 3. The van der Waals surface area contributed by atoms with Crippen molar-refractivity contribution >= 4 is 5.82 Å². The van der Waals surface area contributed by atoms with Gasteiger partial charge in [0.25, 0.3) is 0 Å². The van der Waals surface area contributed by atoms with Crippen molar-refractivity contribution in [3.05, 3.63) is 18.1 Å². The van der Waals surface area contributed by atoms with Gasteiger partial charge in [-0.3, -0.25) is 0 Å². The van der Waals surface area contributed by atoms with Crippen LogP contribution in [-0.4, -0.2) is 22.7 Å². The van der Waals surface area contributed by atoms with Crippen LogP contribution in [-0.2, 0) is 0 Å². The minimum absolute atomic E-state index is 0.156. The lowest BCUT2D eigenvalue weighted by atomic mass is 10.4. The van der Waals surface area contributed by atoms with E-state index in [0.717, 1.165) is 0 Å². The third-order valence-corrected chi connectivity index (χ3v) is 1.26. The number of nitrogens with zero attached hydrogens (tertiary/aromatic N) is 3. The average Bonchev–Trinajstić information content (AvgIpc) is 2.14. The van der Waals surface area contributed by atoms with Crippen molar-refractivity contribution in [2.45, 2.75) is 6.18 Å². The largest absolute Gasteiger partial charge is 0.405 e. The zero-order valence-electron chi connectivity index (χ0n) is 6.84. The van der Waals surface area contributed by atoms with Crippen LogP contribution in [0.15, 0.2) is 12.4 Å². The summed E-state index contributed by atoms with van der Waals surface area (Å²) < 4.78 is 35.4. The molecule has 74 valence electrons. The number of anilines is 1. The fraction of sp³-hybridized carbons (Fsp3) is 0.286. The summed E-state index contributed by atoms with van der Waals surface area (Å²) in [5.74, 6) is -0.160. The van der Waals surface area contributed by atoms with Crippen molar-refractivity contribution < 1.29 is 13.2 Å². The van der Waals surface area contributed by atoms with Crippen LogP contribution in [0.25, 0.3) is 0 Å². The normalized spacial score (nSPS) is 10.7. The summed E-state index contributed by atoms with van der Waals surface area (Å²) in [5, 5.41) is 10.5. The van der Waals surface area contributed by atoms with E-state index >= 15 is 0 Å². The second-order valence-corrected chi connectivity index (χ2v) is 2.33. The Balaban J connectivity index is 2.73. The molecule has 0 aromatic carbocycles.